The molecule has 1 aliphatic carbocycles. The molecule has 0 radical (unpaired) electrons. The maximum absolute atomic E-state index is 6.17. The zero-order valence-electron chi connectivity index (χ0n) is 13.5. The molecular weight excluding hydrogens is 274 g/mol. The van der Waals surface area contributed by atoms with Crippen LogP contribution in [0, 0.1) is 5.92 Å². The second-order valence-corrected chi connectivity index (χ2v) is 6.62. The van der Waals surface area contributed by atoms with Crippen molar-refractivity contribution in [3.8, 4) is 5.75 Å². The van der Waals surface area contributed by atoms with Gasteiger partial charge in [0.05, 0.1) is 5.70 Å². The molecule has 1 aromatic rings. The van der Waals surface area contributed by atoms with Crippen molar-refractivity contribution in [1.29, 1.82) is 0 Å². The van der Waals surface area contributed by atoms with E-state index in [4.69, 9.17) is 10.5 Å². The van der Waals surface area contributed by atoms with E-state index < -0.39 is 0 Å². The van der Waals surface area contributed by atoms with Crippen molar-refractivity contribution in [3.05, 3.63) is 47.8 Å². The fourth-order valence-electron chi connectivity index (χ4n) is 2.94. The standard InChI is InChI=1S/C18H25N3O/c1-4-12-5-10-15-16(11-12)21-17(20-15)18(2,3)22-14-8-6-13(19)7-9-14/h5-10,12,17,20-21H,4,11,19H2,1-3H3. The van der Waals surface area contributed by atoms with Gasteiger partial charge in [-0.3, -0.25) is 0 Å². The summed E-state index contributed by atoms with van der Waals surface area (Å²) < 4.78 is 6.17. The van der Waals surface area contributed by atoms with Gasteiger partial charge in [0, 0.05) is 11.4 Å². The minimum atomic E-state index is -0.386. The SMILES string of the molecule is CCC1C=CC2=C(C1)NC(C(C)(C)Oc1ccc(N)cc1)N2. The van der Waals surface area contributed by atoms with Crippen LogP contribution in [0.4, 0.5) is 5.69 Å². The Morgan fingerprint density at radius 1 is 1.23 bits per heavy atom. The third kappa shape index (κ3) is 2.91. The molecule has 22 heavy (non-hydrogen) atoms. The second kappa shape index (κ2) is 5.59. The van der Waals surface area contributed by atoms with E-state index >= 15 is 0 Å². The van der Waals surface area contributed by atoms with Gasteiger partial charge in [0.15, 0.2) is 0 Å². The summed E-state index contributed by atoms with van der Waals surface area (Å²) in [6.45, 7) is 6.41. The van der Waals surface area contributed by atoms with Gasteiger partial charge in [-0.05, 0) is 62.9 Å². The molecule has 0 bridgehead atoms. The predicted octanol–water partition coefficient (Wildman–Crippen LogP) is 3.14. The van der Waals surface area contributed by atoms with Gasteiger partial charge in [0.2, 0.25) is 0 Å². The molecule has 2 atom stereocenters. The summed E-state index contributed by atoms with van der Waals surface area (Å²) >= 11 is 0. The highest BCUT2D eigenvalue weighted by molar-refractivity contribution is 5.42. The molecule has 118 valence electrons. The molecule has 1 aliphatic heterocycles. The lowest BCUT2D eigenvalue weighted by Gasteiger charge is -2.33. The molecule has 0 fully saturated rings. The van der Waals surface area contributed by atoms with Crippen LogP contribution in [0.25, 0.3) is 0 Å². The van der Waals surface area contributed by atoms with Crippen LogP contribution in [-0.4, -0.2) is 11.8 Å². The first kappa shape index (κ1) is 14.8. The van der Waals surface area contributed by atoms with Crippen molar-refractivity contribution in [1.82, 2.24) is 10.6 Å². The Kier molecular flexibility index (Phi) is 3.77. The number of benzene rings is 1. The first-order valence-corrected chi connectivity index (χ1v) is 7.97. The number of nitrogen functional groups attached to an aromatic ring is 1. The molecule has 0 saturated carbocycles. The third-order valence-corrected chi connectivity index (χ3v) is 4.43. The molecular formula is C18H25N3O. The van der Waals surface area contributed by atoms with Gasteiger partial charge >= 0.3 is 0 Å². The van der Waals surface area contributed by atoms with Crippen LogP contribution < -0.4 is 21.1 Å². The van der Waals surface area contributed by atoms with Crippen molar-refractivity contribution in [2.24, 2.45) is 5.92 Å². The molecule has 4 heteroatoms. The van der Waals surface area contributed by atoms with Crippen LogP contribution >= 0.6 is 0 Å². The highest BCUT2D eigenvalue weighted by Crippen LogP contribution is 2.30. The lowest BCUT2D eigenvalue weighted by atomic mass is 9.95. The molecule has 3 rings (SSSR count). The summed E-state index contributed by atoms with van der Waals surface area (Å²) in [6, 6.07) is 7.54. The topological polar surface area (TPSA) is 59.3 Å². The van der Waals surface area contributed by atoms with Gasteiger partial charge in [-0.25, -0.2) is 0 Å². The van der Waals surface area contributed by atoms with Crippen LogP contribution in [0.5, 0.6) is 5.75 Å². The van der Waals surface area contributed by atoms with E-state index in [2.05, 4.69) is 43.6 Å². The first-order valence-electron chi connectivity index (χ1n) is 7.97. The Hall–Kier alpha value is -2.10. The Labute approximate surface area is 132 Å². The summed E-state index contributed by atoms with van der Waals surface area (Å²) in [5, 5.41) is 7.14. The highest BCUT2D eigenvalue weighted by atomic mass is 16.5. The van der Waals surface area contributed by atoms with Gasteiger partial charge in [0.25, 0.3) is 0 Å². The second-order valence-electron chi connectivity index (χ2n) is 6.62. The first-order chi connectivity index (χ1) is 10.5. The van der Waals surface area contributed by atoms with E-state index in [0.29, 0.717) is 5.92 Å². The maximum atomic E-state index is 6.17. The van der Waals surface area contributed by atoms with Crippen LogP contribution in [0.3, 0.4) is 0 Å². The summed E-state index contributed by atoms with van der Waals surface area (Å²) in [7, 11) is 0. The van der Waals surface area contributed by atoms with Crippen molar-refractivity contribution >= 4 is 5.69 Å². The largest absolute Gasteiger partial charge is 0.484 e. The van der Waals surface area contributed by atoms with Crippen molar-refractivity contribution in [2.45, 2.75) is 45.4 Å². The normalized spacial score (nSPS) is 23.8. The molecule has 0 amide bonds. The van der Waals surface area contributed by atoms with E-state index in [1.807, 2.05) is 24.3 Å². The van der Waals surface area contributed by atoms with Crippen molar-refractivity contribution < 1.29 is 4.74 Å². The molecule has 4 nitrogen and oxygen atoms in total. The average molecular weight is 299 g/mol. The minimum Gasteiger partial charge on any atom is -0.484 e. The molecule has 4 N–H and O–H groups in total. The zero-order valence-corrected chi connectivity index (χ0v) is 13.5. The molecule has 0 aromatic heterocycles. The van der Waals surface area contributed by atoms with Crippen LogP contribution in [0.15, 0.2) is 47.8 Å². The zero-order chi connectivity index (χ0) is 15.7. The van der Waals surface area contributed by atoms with Gasteiger partial charge < -0.3 is 21.1 Å². The number of allylic oxidation sites excluding steroid dienone is 3. The molecule has 2 aliphatic rings. The van der Waals surface area contributed by atoms with Crippen LogP contribution in [0.1, 0.15) is 33.6 Å². The Balaban J connectivity index is 1.67. The summed E-state index contributed by atoms with van der Waals surface area (Å²) in [5.74, 6) is 1.46. The van der Waals surface area contributed by atoms with E-state index in [1.54, 1.807) is 0 Å². The van der Waals surface area contributed by atoms with Crippen LogP contribution in [0.2, 0.25) is 0 Å². The molecule has 0 spiro atoms. The Morgan fingerprint density at radius 2 is 1.95 bits per heavy atom. The smallest absolute Gasteiger partial charge is 0.142 e. The summed E-state index contributed by atoms with van der Waals surface area (Å²) in [4.78, 5) is 0. The molecule has 1 heterocycles. The summed E-state index contributed by atoms with van der Waals surface area (Å²) in [5.41, 5.74) is 8.58. The van der Waals surface area contributed by atoms with Gasteiger partial charge in [0.1, 0.15) is 17.5 Å². The number of hydrogen-bond acceptors (Lipinski definition) is 4. The highest BCUT2D eigenvalue weighted by Gasteiger charge is 2.37. The van der Waals surface area contributed by atoms with E-state index in [-0.39, 0.29) is 11.8 Å². The molecule has 1 aromatic carbocycles. The van der Waals surface area contributed by atoms with Crippen molar-refractivity contribution in [3.63, 3.8) is 0 Å². The van der Waals surface area contributed by atoms with Crippen LogP contribution in [-0.2, 0) is 0 Å². The van der Waals surface area contributed by atoms with Gasteiger partial charge in [-0.15, -0.1) is 0 Å². The number of ether oxygens (including phenoxy) is 1. The number of hydrogen-bond donors (Lipinski definition) is 3. The maximum Gasteiger partial charge on any atom is 0.142 e. The van der Waals surface area contributed by atoms with E-state index in [1.165, 1.54) is 17.8 Å². The Morgan fingerprint density at radius 3 is 2.64 bits per heavy atom. The summed E-state index contributed by atoms with van der Waals surface area (Å²) in [6.07, 6.45) is 6.79. The molecule has 0 saturated heterocycles. The fourth-order valence-corrected chi connectivity index (χ4v) is 2.94. The predicted molar refractivity (Wildman–Crippen MR) is 90.2 cm³/mol. The fraction of sp³-hybridized carbons (Fsp3) is 0.444. The lowest BCUT2D eigenvalue weighted by molar-refractivity contribution is 0.0638. The minimum absolute atomic E-state index is 0.0512. The number of anilines is 1. The quantitative estimate of drug-likeness (QED) is 0.748. The number of nitrogens with two attached hydrogens (primary N) is 1. The number of nitrogens with one attached hydrogen (secondary N) is 2. The van der Waals surface area contributed by atoms with E-state index in [9.17, 15) is 0 Å². The monoisotopic (exact) mass is 299 g/mol. The van der Waals surface area contributed by atoms with Gasteiger partial charge in [-0.1, -0.05) is 13.0 Å². The average Bonchev–Trinajstić information content (AvgIpc) is 2.93. The number of rotatable bonds is 4. The molecule has 2 unspecified atom stereocenters. The van der Waals surface area contributed by atoms with Crippen molar-refractivity contribution in [2.75, 3.05) is 5.73 Å². The Bertz CT molecular complexity index is 601. The van der Waals surface area contributed by atoms with E-state index in [0.717, 1.165) is 17.9 Å². The van der Waals surface area contributed by atoms with Gasteiger partial charge in [-0.2, -0.15) is 0 Å². The lowest BCUT2D eigenvalue weighted by Crippen LogP contribution is -2.54. The third-order valence-electron chi connectivity index (χ3n) is 4.43.